The number of carbonyl (C=O) groups excluding carboxylic acids is 1. The molecular formula is C12H17N3O3. The smallest absolute Gasteiger partial charge is 0.326 e. The van der Waals surface area contributed by atoms with Gasteiger partial charge in [0.2, 0.25) is 5.91 Å². The molecule has 6 nitrogen and oxygen atoms in total. The van der Waals surface area contributed by atoms with E-state index in [-0.39, 0.29) is 18.4 Å². The lowest BCUT2D eigenvalue weighted by atomic mass is 10.2. The van der Waals surface area contributed by atoms with Crippen molar-refractivity contribution in [1.29, 1.82) is 0 Å². The van der Waals surface area contributed by atoms with E-state index >= 15 is 0 Å². The molecule has 1 aromatic rings. The lowest BCUT2D eigenvalue weighted by molar-refractivity contribution is -0.150. The van der Waals surface area contributed by atoms with Crippen LogP contribution in [0.15, 0.2) is 18.5 Å². The summed E-state index contributed by atoms with van der Waals surface area (Å²) in [4.78, 5) is 24.6. The van der Waals surface area contributed by atoms with Gasteiger partial charge in [-0.3, -0.25) is 9.48 Å². The van der Waals surface area contributed by atoms with Gasteiger partial charge in [-0.05, 0) is 25.8 Å². The van der Waals surface area contributed by atoms with Crippen molar-refractivity contribution in [2.45, 2.75) is 44.8 Å². The Hall–Kier alpha value is -1.85. The fourth-order valence-corrected chi connectivity index (χ4v) is 1.98. The normalized spacial score (nSPS) is 16.3. The molecule has 1 saturated carbocycles. The second-order valence-corrected chi connectivity index (χ2v) is 4.57. The van der Waals surface area contributed by atoms with Crippen LogP contribution in [0.1, 0.15) is 26.2 Å². The highest BCUT2D eigenvalue weighted by molar-refractivity contribution is 5.83. The van der Waals surface area contributed by atoms with Crippen LogP contribution in [-0.4, -0.2) is 43.7 Å². The molecule has 1 aliphatic rings. The van der Waals surface area contributed by atoms with Crippen LogP contribution in [0, 0.1) is 0 Å². The van der Waals surface area contributed by atoms with Crippen molar-refractivity contribution >= 4 is 11.9 Å². The van der Waals surface area contributed by atoms with Crippen LogP contribution in [0.5, 0.6) is 0 Å². The zero-order valence-electron chi connectivity index (χ0n) is 10.3. The number of rotatable bonds is 6. The van der Waals surface area contributed by atoms with E-state index in [1.165, 1.54) is 4.90 Å². The van der Waals surface area contributed by atoms with Gasteiger partial charge in [-0.25, -0.2) is 4.79 Å². The maximum absolute atomic E-state index is 12.1. The molecule has 1 N–H and O–H groups in total. The summed E-state index contributed by atoms with van der Waals surface area (Å²) in [6.07, 6.45) is 5.55. The topological polar surface area (TPSA) is 75.4 Å². The summed E-state index contributed by atoms with van der Waals surface area (Å²) in [5.74, 6) is -1.06. The molecule has 1 unspecified atom stereocenters. The van der Waals surface area contributed by atoms with Gasteiger partial charge >= 0.3 is 5.97 Å². The third-order valence-corrected chi connectivity index (χ3v) is 3.12. The Kier molecular flexibility index (Phi) is 3.64. The van der Waals surface area contributed by atoms with Crippen LogP contribution in [0.3, 0.4) is 0 Å². The number of hydrogen-bond acceptors (Lipinski definition) is 3. The SMILES string of the molecule is CC(C(=O)O)N(C(=O)CCn1cccn1)C1CC1. The summed E-state index contributed by atoms with van der Waals surface area (Å²) < 4.78 is 1.68. The first kappa shape index (κ1) is 12.6. The number of amides is 1. The van der Waals surface area contributed by atoms with Crippen molar-refractivity contribution in [2.24, 2.45) is 0 Å². The molecule has 18 heavy (non-hydrogen) atoms. The maximum Gasteiger partial charge on any atom is 0.326 e. The van der Waals surface area contributed by atoms with E-state index in [0.717, 1.165) is 12.8 Å². The Morgan fingerprint density at radius 2 is 2.28 bits per heavy atom. The van der Waals surface area contributed by atoms with Crippen molar-refractivity contribution in [2.75, 3.05) is 0 Å². The Bertz CT molecular complexity index is 426. The van der Waals surface area contributed by atoms with E-state index in [2.05, 4.69) is 5.10 Å². The minimum Gasteiger partial charge on any atom is -0.480 e. The molecule has 6 heteroatoms. The van der Waals surface area contributed by atoms with Gasteiger partial charge in [0.25, 0.3) is 0 Å². The monoisotopic (exact) mass is 251 g/mol. The predicted octanol–water partition coefficient (Wildman–Crippen LogP) is 0.737. The second-order valence-electron chi connectivity index (χ2n) is 4.57. The molecule has 98 valence electrons. The molecule has 0 spiro atoms. The number of hydrogen-bond donors (Lipinski definition) is 1. The van der Waals surface area contributed by atoms with Gasteiger partial charge < -0.3 is 10.0 Å². The third-order valence-electron chi connectivity index (χ3n) is 3.12. The molecule has 1 amide bonds. The molecule has 1 aliphatic carbocycles. The van der Waals surface area contributed by atoms with Gasteiger partial charge in [-0.1, -0.05) is 0 Å². The second kappa shape index (κ2) is 5.20. The number of aliphatic carboxylic acids is 1. The summed E-state index contributed by atoms with van der Waals surface area (Å²) in [7, 11) is 0. The molecule has 1 heterocycles. The molecule has 0 aliphatic heterocycles. The first-order chi connectivity index (χ1) is 8.59. The van der Waals surface area contributed by atoms with Crippen molar-refractivity contribution < 1.29 is 14.7 Å². The first-order valence-electron chi connectivity index (χ1n) is 6.11. The molecule has 1 fully saturated rings. The van der Waals surface area contributed by atoms with Crippen molar-refractivity contribution in [1.82, 2.24) is 14.7 Å². The predicted molar refractivity (Wildman–Crippen MR) is 63.8 cm³/mol. The van der Waals surface area contributed by atoms with Gasteiger partial charge in [0.1, 0.15) is 6.04 Å². The van der Waals surface area contributed by atoms with E-state index in [0.29, 0.717) is 6.54 Å². The van der Waals surface area contributed by atoms with E-state index in [4.69, 9.17) is 5.11 Å². The summed E-state index contributed by atoms with van der Waals surface area (Å²) in [6, 6.07) is 1.16. The number of aryl methyl sites for hydroxylation is 1. The van der Waals surface area contributed by atoms with Crippen LogP contribution < -0.4 is 0 Å². The van der Waals surface area contributed by atoms with Crippen LogP contribution in [0.2, 0.25) is 0 Å². The lowest BCUT2D eigenvalue weighted by Crippen LogP contribution is -2.45. The standard InChI is InChI=1S/C12H17N3O3/c1-9(12(17)18)15(10-3-4-10)11(16)5-8-14-7-2-6-13-14/h2,6-7,9-10H,3-5,8H2,1H3,(H,17,18). The van der Waals surface area contributed by atoms with Gasteiger partial charge in [-0.15, -0.1) is 0 Å². The molecule has 1 aromatic heterocycles. The minimum atomic E-state index is -0.950. The number of aromatic nitrogens is 2. The highest BCUT2D eigenvalue weighted by Crippen LogP contribution is 2.29. The van der Waals surface area contributed by atoms with Crippen LogP contribution in [0.25, 0.3) is 0 Å². The van der Waals surface area contributed by atoms with Crippen molar-refractivity contribution in [3.63, 3.8) is 0 Å². The quantitative estimate of drug-likeness (QED) is 0.809. The Labute approximate surface area is 105 Å². The molecule has 0 radical (unpaired) electrons. The zero-order valence-corrected chi connectivity index (χ0v) is 10.3. The van der Waals surface area contributed by atoms with Crippen molar-refractivity contribution in [3.8, 4) is 0 Å². The molecule has 2 rings (SSSR count). The van der Waals surface area contributed by atoms with Gasteiger partial charge in [0.15, 0.2) is 0 Å². The number of carboxylic acids is 1. The Morgan fingerprint density at radius 1 is 1.56 bits per heavy atom. The summed E-state index contributed by atoms with van der Waals surface area (Å²) in [5.41, 5.74) is 0. The number of carbonyl (C=O) groups is 2. The van der Waals surface area contributed by atoms with E-state index < -0.39 is 12.0 Å². The largest absolute Gasteiger partial charge is 0.480 e. The average molecular weight is 251 g/mol. The Morgan fingerprint density at radius 3 is 2.78 bits per heavy atom. The van der Waals surface area contributed by atoms with Gasteiger partial charge in [0, 0.05) is 31.4 Å². The molecule has 0 saturated heterocycles. The summed E-state index contributed by atoms with van der Waals surface area (Å²) in [5, 5.41) is 13.0. The molecule has 0 aromatic carbocycles. The third kappa shape index (κ3) is 2.88. The first-order valence-corrected chi connectivity index (χ1v) is 6.11. The van der Waals surface area contributed by atoms with Gasteiger partial charge in [0.05, 0.1) is 0 Å². The van der Waals surface area contributed by atoms with E-state index in [9.17, 15) is 9.59 Å². The fraction of sp³-hybridized carbons (Fsp3) is 0.583. The van der Waals surface area contributed by atoms with Crippen LogP contribution >= 0.6 is 0 Å². The molecular weight excluding hydrogens is 234 g/mol. The van der Waals surface area contributed by atoms with Gasteiger partial charge in [-0.2, -0.15) is 5.10 Å². The van der Waals surface area contributed by atoms with E-state index in [1.54, 1.807) is 30.1 Å². The van der Waals surface area contributed by atoms with Crippen LogP contribution in [-0.2, 0) is 16.1 Å². The Balaban J connectivity index is 1.93. The highest BCUT2D eigenvalue weighted by Gasteiger charge is 2.37. The molecule has 0 bridgehead atoms. The fourth-order valence-electron chi connectivity index (χ4n) is 1.98. The van der Waals surface area contributed by atoms with Crippen LogP contribution in [0.4, 0.5) is 0 Å². The minimum absolute atomic E-state index is 0.108. The average Bonchev–Trinajstić information content (AvgIpc) is 3.02. The maximum atomic E-state index is 12.1. The molecule has 1 atom stereocenters. The summed E-state index contributed by atoms with van der Waals surface area (Å²) >= 11 is 0. The van der Waals surface area contributed by atoms with E-state index in [1.807, 2.05) is 0 Å². The number of carboxylic acid groups (broad SMARTS) is 1. The highest BCUT2D eigenvalue weighted by atomic mass is 16.4. The van der Waals surface area contributed by atoms with Crippen molar-refractivity contribution in [3.05, 3.63) is 18.5 Å². The summed E-state index contributed by atoms with van der Waals surface area (Å²) in [6.45, 7) is 2.05. The number of nitrogens with zero attached hydrogens (tertiary/aromatic N) is 3. The zero-order chi connectivity index (χ0) is 13.1. The lowest BCUT2D eigenvalue weighted by Gasteiger charge is -2.26.